The molecule has 0 bridgehead atoms. The first-order chi connectivity index (χ1) is 14.8. The minimum atomic E-state index is -0.537. The molecule has 0 spiro atoms. The van der Waals surface area contributed by atoms with Gasteiger partial charge in [-0.25, -0.2) is 4.79 Å². The van der Waals surface area contributed by atoms with Crippen LogP contribution in [0.15, 0.2) is 41.6 Å². The first kappa shape index (κ1) is 21.0. The highest BCUT2D eigenvalue weighted by Gasteiger charge is 2.37. The number of methoxy groups -OCH3 is 2. The van der Waals surface area contributed by atoms with E-state index in [-0.39, 0.29) is 6.79 Å². The van der Waals surface area contributed by atoms with Crippen LogP contribution in [0.5, 0.6) is 17.2 Å². The van der Waals surface area contributed by atoms with Gasteiger partial charge >= 0.3 is 5.97 Å². The molecule has 2 heterocycles. The van der Waals surface area contributed by atoms with E-state index >= 15 is 0 Å². The molecule has 2 aromatic rings. The summed E-state index contributed by atoms with van der Waals surface area (Å²) in [7, 11) is 2.93. The number of nitrogens with one attached hydrogen (secondary N) is 1. The molecule has 0 aliphatic carbocycles. The van der Waals surface area contributed by atoms with Crippen molar-refractivity contribution in [3.63, 3.8) is 0 Å². The number of thiocarbonyl (C=S) groups is 1. The maximum absolute atomic E-state index is 12.9. The Kier molecular flexibility index (Phi) is 5.49. The highest BCUT2D eigenvalue weighted by atomic mass is 32.1. The molecule has 31 heavy (non-hydrogen) atoms. The molecule has 162 valence electrons. The SMILES string of the molecule is COC(=O)C1=C(C)N(c2cc(C)ccc2C)C(=S)NC1c1cc(OC)c2c(c1)OCO2. The Labute approximate surface area is 186 Å². The largest absolute Gasteiger partial charge is 0.493 e. The van der Waals surface area contributed by atoms with E-state index in [9.17, 15) is 4.79 Å². The molecule has 4 rings (SSSR count). The molecule has 2 aromatic carbocycles. The van der Waals surface area contributed by atoms with Crippen LogP contribution in [-0.2, 0) is 9.53 Å². The maximum atomic E-state index is 12.9. The second kappa shape index (κ2) is 8.11. The lowest BCUT2D eigenvalue weighted by Crippen LogP contribution is -2.48. The minimum absolute atomic E-state index is 0.116. The second-order valence-corrected chi connectivity index (χ2v) is 7.84. The monoisotopic (exact) mass is 440 g/mol. The molecule has 1 unspecified atom stereocenters. The molecule has 1 atom stereocenters. The number of aryl methyl sites for hydroxylation is 2. The van der Waals surface area contributed by atoms with Crippen LogP contribution in [0.4, 0.5) is 5.69 Å². The third-order valence-electron chi connectivity index (χ3n) is 5.51. The lowest BCUT2D eigenvalue weighted by atomic mass is 9.93. The lowest BCUT2D eigenvalue weighted by molar-refractivity contribution is -0.136. The molecule has 0 radical (unpaired) electrons. The number of hydrogen-bond acceptors (Lipinski definition) is 6. The van der Waals surface area contributed by atoms with Crippen LogP contribution in [-0.4, -0.2) is 32.1 Å². The van der Waals surface area contributed by atoms with Gasteiger partial charge in [-0.2, -0.15) is 0 Å². The zero-order valence-corrected chi connectivity index (χ0v) is 18.9. The Morgan fingerprint density at radius 3 is 2.65 bits per heavy atom. The molecule has 0 fully saturated rings. The van der Waals surface area contributed by atoms with Crippen LogP contribution in [0.1, 0.15) is 29.7 Å². The maximum Gasteiger partial charge on any atom is 0.337 e. The van der Waals surface area contributed by atoms with Gasteiger partial charge in [0.2, 0.25) is 12.5 Å². The number of anilines is 1. The van der Waals surface area contributed by atoms with Crippen molar-refractivity contribution in [3.05, 3.63) is 58.3 Å². The van der Waals surface area contributed by atoms with E-state index in [2.05, 4.69) is 5.32 Å². The first-order valence-corrected chi connectivity index (χ1v) is 10.2. The fourth-order valence-corrected chi connectivity index (χ4v) is 4.29. The third-order valence-corrected chi connectivity index (χ3v) is 5.81. The highest BCUT2D eigenvalue weighted by molar-refractivity contribution is 7.80. The van der Waals surface area contributed by atoms with Crippen molar-refractivity contribution >= 4 is 29.0 Å². The number of allylic oxidation sites excluding steroid dienone is 1. The van der Waals surface area contributed by atoms with Gasteiger partial charge in [0.1, 0.15) is 0 Å². The van der Waals surface area contributed by atoms with Crippen molar-refractivity contribution in [1.29, 1.82) is 0 Å². The summed E-state index contributed by atoms with van der Waals surface area (Å²) in [5.74, 6) is 1.18. The van der Waals surface area contributed by atoms with Gasteiger partial charge in [0, 0.05) is 5.70 Å². The molecule has 1 N–H and O–H groups in total. The van der Waals surface area contributed by atoms with Crippen molar-refractivity contribution in [3.8, 4) is 17.2 Å². The van der Waals surface area contributed by atoms with Crippen LogP contribution >= 0.6 is 12.2 Å². The minimum Gasteiger partial charge on any atom is -0.493 e. The summed E-state index contributed by atoms with van der Waals surface area (Å²) in [6, 6.07) is 9.23. The number of benzene rings is 2. The Balaban J connectivity index is 1.88. The van der Waals surface area contributed by atoms with E-state index < -0.39 is 12.0 Å². The van der Waals surface area contributed by atoms with E-state index in [0.29, 0.717) is 33.6 Å². The Bertz CT molecular complexity index is 1110. The lowest BCUT2D eigenvalue weighted by Gasteiger charge is -2.38. The number of hydrogen-bond donors (Lipinski definition) is 1. The average molecular weight is 441 g/mol. The van der Waals surface area contributed by atoms with E-state index in [1.54, 1.807) is 7.11 Å². The van der Waals surface area contributed by atoms with Crippen LogP contribution in [0.2, 0.25) is 0 Å². The fourth-order valence-electron chi connectivity index (χ4n) is 3.93. The molecule has 0 saturated heterocycles. The molecule has 8 heteroatoms. The number of esters is 1. The van der Waals surface area contributed by atoms with Gasteiger partial charge in [0.05, 0.1) is 31.5 Å². The zero-order chi connectivity index (χ0) is 22.3. The second-order valence-electron chi connectivity index (χ2n) is 7.46. The van der Waals surface area contributed by atoms with E-state index in [1.165, 1.54) is 7.11 Å². The van der Waals surface area contributed by atoms with Crippen LogP contribution in [0.25, 0.3) is 0 Å². The topological polar surface area (TPSA) is 69.3 Å². The number of rotatable bonds is 4. The van der Waals surface area contributed by atoms with Gasteiger partial charge in [-0.05, 0) is 67.9 Å². The molecule has 0 aromatic heterocycles. The predicted octanol–water partition coefficient (Wildman–Crippen LogP) is 3.92. The normalized spacial score (nSPS) is 17.5. The van der Waals surface area contributed by atoms with Crippen molar-refractivity contribution in [1.82, 2.24) is 5.32 Å². The summed E-state index contributed by atoms with van der Waals surface area (Å²) in [6.07, 6.45) is 0. The fraction of sp³-hybridized carbons (Fsp3) is 0.304. The molecule has 2 aliphatic rings. The van der Waals surface area contributed by atoms with Gasteiger partial charge < -0.3 is 24.3 Å². The van der Waals surface area contributed by atoms with Crippen molar-refractivity contribution < 1.29 is 23.7 Å². The molecule has 0 saturated carbocycles. The molecule has 2 aliphatic heterocycles. The highest BCUT2D eigenvalue weighted by Crippen LogP contribution is 2.45. The number of ether oxygens (including phenoxy) is 4. The van der Waals surface area contributed by atoms with Crippen LogP contribution < -0.4 is 24.4 Å². The van der Waals surface area contributed by atoms with Crippen LogP contribution in [0, 0.1) is 13.8 Å². The quantitative estimate of drug-likeness (QED) is 0.567. The summed E-state index contributed by atoms with van der Waals surface area (Å²) in [5.41, 5.74) is 4.96. The number of carbonyl (C=O) groups is 1. The van der Waals surface area contributed by atoms with Crippen molar-refractivity contribution in [2.75, 3.05) is 25.9 Å². The molecular formula is C23H24N2O5S. The van der Waals surface area contributed by atoms with Crippen molar-refractivity contribution in [2.24, 2.45) is 0 Å². The summed E-state index contributed by atoms with van der Waals surface area (Å²) < 4.78 is 21.7. The molecule has 7 nitrogen and oxygen atoms in total. The van der Waals surface area contributed by atoms with Crippen molar-refractivity contribution in [2.45, 2.75) is 26.8 Å². The van der Waals surface area contributed by atoms with Gasteiger partial charge in [0.15, 0.2) is 16.6 Å². The van der Waals surface area contributed by atoms with E-state index in [1.807, 2.05) is 56.0 Å². The van der Waals surface area contributed by atoms with Gasteiger partial charge in [-0.15, -0.1) is 0 Å². The standard InChI is InChI=1S/C23H24N2O5S/c1-12-6-7-13(2)16(8-12)25-14(3)19(22(26)28-5)20(24-23(25)31)15-9-17(27-4)21-18(10-15)29-11-30-21/h6-10,20H,11H2,1-5H3,(H,24,31). The Morgan fingerprint density at radius 1 is 1.16 bits per heavy atom. The third kappa shape index (κ3) is 3.57. The summed E-state index contributed by atoms with van der Waals surface area (Å²) in [4.78, 5) is 14.8. The summed E-state index contributed by atoms with van der Waals surface area (Å²) in [5, 5.41) is 3.80. The Hall–Kier alpha value is -3.26. The van der Waals surface area contributed by atoms with Gasteiger partial charge in [-0.1, -0.05) is 12.1 Å². The predicted molar refractivity (Wildman–Crippen MR) is 121 cm³/mol. The number of nitrogens with zero attached hydrogens (tertiary/aromatic N) is 1. The average Bonchev–Trinajstić information content (AvgIpc) is 3.23. The smallest absolute Gasteiger partial charge is 0.337 e. The molecule has 0 amide bonds. The van der Waals surface area contributed by atoms with Gasteiger partial charge in [0.25, 0.3) is 0 Å². The van der Waals surface area contributed by atoms with Crippen LogP contribution in [0.3, 0.4) is 0 Å². The van der Waals surface area contributed by atoms with E-state index in [4.69, 9.17) is 31.2 Å². The van der Waals surface area contributed by atoms with Gasteiger partial charge in [-0.3, -0.25) is 4.90 Å². The first-order valence-electron chi connectivity index (χ1n) is 9.80. The Morgan fingerprint density at radius 2 is 1.94 bits per heavy atom. The number of fused-ring (bicyclic) bond motifs is 1. The summed E-state index contributed by atoms with van der Waals surface area (Å²) >= 11 is 5.74. The summed E-state index contributed by atoms with van der Waals surface area (Å²) in [6.45, 7) is 6.02. The number of carbonyl (C=O) groups excluding carboxylic acids is 1. The zero-order valence-electron chi connectivity index (χ0n) is 18.1. The van der Waals surface area contributed by atoms with E-state index in [0.717, 1.165) is 22.4 Å². The molecular weight excluding hydrogens is 416 g/mol.